The van der Waals surface area contributed by atoms with Crippen molar-refractivity contribution in [2.24, 2.45) is 0 Å². The predicted octanol–water partition coefficient (Wildman–Crippen LogP) is 2.00. The van der Waals surface area contributed by atoms with Crippen LogP contribution in [0, 0.1) is 0 Å². The fourth-order valence-electron chi connectivity index (χ4n) is 3.38. The Morgan fingerprint density at radius 2 is 1.97 bits per heavy atom. The Hall–Kier alpha value is -2.87. The van der Waals surface area contributed by atoms with Crippen LogP contribution in [-0.4, -0.2) is 43.1 Å². The lowest BCUT2D eigenvalue weighted by Crippen LogP contribution is -2.56. The number of rotatable bonds is 4. The lowest BCUT2D eigenvalue weighted by atomic mass is 9.97. The predicted molar refractivity (Wildman–Crippen MR) is 106 cm³/mol. The van der Waals surface area contributed by atoms with Gasteiger partial charge in [-0.05, 0) is 44.4 Å². The number of H-pyrrole nitrogens is 1. The molecule has 176 valence electrons. The van der Waals surface area contributed by atoms with Crippen LogP contribution in [0.2, 0.25) is 0 Å². The molecule has 1 saturated heterocycles. The summed E-state index contributed by atoms with van der Waals surface area (Å²) < 4.78 is 75.3. The summed E-state index contributed by atoms with van der Waals surface area (Å²) >= 11 is 0. The van der Waals surface area contributed by atoms with Crippen molar-refractivity contribution in [1.29, 1.82) is 0 Å². The zero-order valence-corrected chi connectivity index (χ0v) is 18.0. The van der Waals surface area contributed by atoms with Crippen molar-refractivity contribution in [3.05, 3.63) is 44.1 Å². The molecule has 10 nitrogen and oxygen atoms in total. The van der Waals surface area contributed by atoms with E-state index < -0.39 is 62.2 Å². The van der Waals surface area contributed by atoms with Crippen LogP contribution in [0.1, 0.15) is 43.9 Å². The van der Waals surface area contributed by atoms with E-state index in [1.807, 2.05) is 4.98 Å². The summed E-state index contributed by atoms with van der Waals surface area (Å²) in [6.07, 6.45) is -6.70. The van der Waals surface area contributed by atoms with Gasteiger partial charge >= 0.3 is 18.0 Å². The average molecular weight is 479 g/mol. The maximum absolute atomic E-state index is 13.6. The monoisotopic (exact) mass is 479 g/mol. The number of halogens is 3. The van der Waals surface area contributed by atoms with E-state index in [0.717, 1.165) is 6.07 Å². The molecule has 0 unspecified atom stereocenters. The largest absolute Gasteiger partial charge is 0.445 e. The first kappa shape index (κ1) is 23.8. The minimum Gasteiger partial charge on any atom is -0.445 e. The summed E-state index contributed by atoms with van der Waals surface area (Å²) in [4.78, 5) is 40.0. The Morgan fingerprint density at radius 1 is 1.31 bits per heavy atom. The maximum Gasteiger partial charge on any atom is 0.444 e. The standard InChI is InChI=1S/C18H20F3N3O7S/c1-9(2)31-17(27)24(32(3,28)29)23-15(25)11-7-10(14-5-4-6-30-14)12(18(19,20)21)8-13(11)22-16(23)26/h7-9,14H,4-6H2,1-3H3,(H,22,26)/t14-/m1/s1. The van der Waals surface area contributed by atoms with Crippen LogP contribution in [0.15, 0.2) is 21.7 Å². The molecular weight excluding hydrogens is 459 g/mol. The average Bonchev–Trinajstić information content (AvgIpc) is 3.16. The van der Waals surface area contributed by atoms with Crippen molar-refractivity contribution < 1.29 is 35.9 Å². The Morgan fingerprint density at radius 3 is 2.47 bits per heavy atom. The molecule has 1 amide bonds. The van der Waals surface area contributed by atoms with Crippen molar-refractivity contribution in [3.63, 3.8) is 0 Å². The minimum absolute atomic E-state index is 0.0189. The molecule has 0 radical (unpaired) electrons. The summed E-state index contributed by atoms with van der Waals surface area (Å²) in [5.41, 5.74) is -4.65. The third-order valence-corrected chi connectivity index (χ3v) is 5.56. The molecular formula is C18H20F3N3O7S. The molecule has 0 bridgehead atoms. The number of amides is 1. The summed E-state index contributed by atoms with van der Waals surface area (Å²) in [6.45, 7) is 3.06. The molecule has 1 N–H and O–H groups in total. The van der Waals surface area contributed by atoms with E-state index in [1.54, 1.807) is 0 Å². The molecule has 0 aliphatic carbocycles. The fourth-order valence-corrected chi connectivity index (χ4v) is 4.14. The first-order chi connectivity index (χ1) is 14.7. The van der Waals surface area contributed by atoms with E-state index >= 15 is 0 Å². The summed E-state index contributed by atoms with van der Waals surface area (Å²) in [7, 11) is -4.54. The van der Waals surface area contributed by atoms with Crippen LogP contribution in [0.3, 0.4) is 0 Å². The molecule has 1 aliphatic heterocycles. The van der Waals surface area contributed by atoms with Crippen LogP contribution >= 0.6 is 0 Å². The van der Waals surface area contributed by atoms with E-state index in [2.05, 4.69) is 0 Å². The second-order valence-electron chi connectivity index (χ2n) is 7.47. The Kier molecular flexibility index (Phi) is 6.12. The maximum atomic E-state index is 13.6. The van der Waals surface area contributed by atoms with Crippen LogP contribution in [0.25, 0.3) is 10.9 Å². The van der Waals surface area contributed by atoms with E-state index in [4.69, 9.17) is 9.47 Å². The zero-order chi connectivity index (χ0) is 24.0. The van der Waals surface area contributed by atoms with E-state index in [1.165, 1.54) is 13.8 Å². The highest BCUT2D eigenvalue weighted by molar-refractivity contribution is 7.92. The fraction of sp³-hybridized carbons (Fsp3) is 0.500. The van der Waals surface area contributed by atoms with Gasteiger partial charge in [0.15, 0.2) is 0 Å². The zero-order valence-electron chi connectivity index (χ0n) is 17.2. The molecule has 2 heterocycles. The molecule has 1 fully saturated rings. The molecule has 0 spiro atoms. The number of hydrogen-bond donors (Lipinski definition) is 1. The molecule has 1 aromatic carbocycles. The van der Waals surface area contributed by atoms with Gasteiger partial charge in [0.2, 0.25) is 0 Å². The van der Waals surface area contributed by atoms with Crippen molar-refractivity contribution in [1.82, 2.24) is 9.66 Å². The molecule has 1 aliphatic rings. The van der Waals surface area contributed by atoms with Gasteiger partial charge in [0.05, 0.1) is 34.9 Å². The number of alkyl halides is 3. The Bertz CT molecular complexity index is 1280. The van der Waals surface area contributed by atoms with Crippen molar-refractivity contribution >= 4 is 27.0 Å². The molecule has 0 saturated carbocycles. The van der Waals surface area contributed by atoms with E-state index in [-0.39, 0.29) is 27.7 Å². The quantitative estimate of drug-likeness (QED) is 0.710. The highest BCUT2D eigenvalue weighted by Gasteiger charge is 2.38. The minimum atomic E-state index is -4.80. The van der Waals surface area contributed by atoms with E-state index in [0.29, 0.717) is 18.7 Å². The number of benzene rings is 1. The number of hydrogen-bond acceptors (Lipinski definition) is 7. The first-order valence-electron chi connectivity index (χ1n) is 9.44. The van der Waals surface area contributed by atoms with Crippen molar-refractivity contribution in [3.8, 4) is 0 Å². The van der Waals surface area contributed by atoms with Gasteiger partial charge in [0.25, 0.3) is 15.6 Å². The Balaban J connectivity index is 2.34. The number of carbonyl (C=O) groups excluding carboxylic acids is 1. The second kappa shape index (κ2) is 8.24. The highest BCUT2D eigenvalue weighted by atomic mass is 32.2. The van der Waals surface area contributed by atoms with Gasteiger partial charge in [-0.1, -0.05) is 4.41 Å². The van der Waals surface area contributed by atoms with Crippen molar-refractivity contribution in [2.45, 2.75) is 45.1 Å². The highest BCUT2D eigenvalue weighted by Crippen LogP contribution is 2.40. The normalized spacial score (nSPS) is 17.2. The van der Waals surface area contributed by atoms with Gasteiger partial charge in [-0.25, -0.2) is 18.0 Å². The third kappa shape index (κ3) is 4.50. The number of aromatic nitrogens is 2. The van der Waals surface area contributed by atoms with Gasteiger partial charge in [0, 0.05) is 6.61 Å². The SMILES string of the molecule is CC(C)OC(=O)N(n1c(=O)[nH]c2cc(C(F)(F)F)c([C@H]3CCCO3)cc2c1=O)S(C)(=O)=O. The summed E-state index contributed by atoms with van der Waals surface area (Å²) in [5.74, 6) is 0. The second-order valence-corrected chi connectivity index (χ2v) is 9.28. The lowest BCUT2D eigenvalue weighted by Gasteiger charge is -2.22. The number of nitrogens with one attached hydrogen (secondary N) is 1. The number of ether oxygens (including phenoxy) is 2. The molecule has 1 atom stereocenters. The van der Waals surface area contributed by atoms with Gasteiger partial charge in [-0.15, -0.1) is 4.68 Å². The van der Waals surface area contributed by atoms with Gasteiger partial charge < -0.3 is 14.5 Å². The van der Waals surface area contributed by atoms with Crippen LogP contribution in [0.5, 0.6) is 0 Å². The van der Waals surface area contributed by atoms with Gasteiger partial charge in [-0.2, -0.15) is 13.2 Å². The van der Waals surface area contributed by atoms with Crippen LogP contribution < -0.4 is 15.7 Å². The summed E-state index contributed by atoms with van der Waals surface area (Å²) in [6, 6.07) is 1.49. The number of nitrogens with zero attached hydrogens (tertiary/aromatic N) is 2. The summed E-state index contributed by atoms with van der Waals surface area (Å²) in [5, 5.41) is -0.436. The van der Waals surface area contributed by atoms with Gasteiger partial charge in [0.1, 0.15) is 0 Å². The molecule has 2 aromatic rings. The lowest BCUT2D eigenvalue weighted by molar-refractivity contribution is -0.139. The Labute approximate surface area is 179 Å². The number of carbonyl (C=O) groups is 1. The van der Waals surface area contributed by atoms with Crippen molar-refractivity contribution in [2.75, 3.05) is 17.3 Å². The smallest absolute Gasteiger partial charge is 0.444 e. The third-order valence-electron chi connectivity index (χ3n) is 4.62. The van der Waals surface area contributed by atoms with E-state index in [9.17, 15) is 36.0 Å². The topological polar surface area (TPSA) is 128 Å². The van der Waals surface area contributed by atoms with Crippen LogP contribution in [0.4, 0.5) is 18.0 Å². The first-order valence-corrected chi connectivity index (χ1v) is 11.3. The number of fused-ring (bicyclic) bond motifs is 1. The molecule has 32 heavy (non-hydrogen) atoms. The molecule has 14 heteroatoms. The van der Waals surface area contributed by atoms with Gasteiger partial charge in [-0.3, -0.25) is 4.79 Å². The van der Waals surface area contributed by atoms with Crippen LogP contribution in [-0.2, 0) is 25.7 Å². The molecule has 3 rings (SSSR count). The number of sulfonamides is 1. The number of aromatic amines is 1. The molecule has 1 aromatic heterocycles.